The molecule has 0 saturated heterocycles. The molecule has 2 rings (SSSR count). The Morgan fingerprint density at radius 3 is 2.88 bits per heavy atom. The zero-order valence-electron chi connectivity index (χ0n) is 10.7. The smallest absolute Gasteiger partial charge is 0.109 e. The summed E-state index contributed by atoms with van der Waals surface area (Å²) in [5, 5.41) is 3.67. The van der Waals surface area contributed by atoms with E-state index >= 15 is 0 Å². The molecule has 0 aromatic heterocycles. The standard InChI is InChI=1S/C14H25NO/c1-3-9-15-14(11(2)12-7-8-12)13-6-4-5-10-16-13/h6,11-12,14-15H,3-5,7-10H2,1-2H3. The fraction of sp³-hybridized carbons (Fsp3) is 0.857. The molecule has 0 aromatic carbocycles. The van der Waals surface area contributed by atoms with Crippen LogP contribution >= 0.6 is 0 Å². The van der Waals surface area contributed by atoms with Gasteiger partial charge in [-0.05, 0) is 56.6 Å². The van der Waals surface area contributed by atoms with Crippen LogP contribution < -0.4 is 5.32 Å². The second kappa shape index (κ2) is 5.72. The Balaban J connectivity index is 1.97. The number of allylic oxidation sites excluding steroid dienone is 1. The van der Waals surface area contributed by atoms with Gasteiger partial charge < -0.3 is 10.1 Å². The highest BCUT2D eigenvalue weighted by Crippen LogP contribution is 2.40. The lowest BCUT2D eigenvalue weighted by Gasteiger charge is -2.29. The fourth-order valence-electron chi connectivity index (χ4n) is 2.53. The molecule has 2 nitrogen and oxygen atoms in total. The fourth-order valence-corrected chi connectivity index (χ4v) is 2.53. The highest BCUT2D eigenvalue weighted by molar-refractivity contribution is 5.09. The van der Waals surface area contributed by atoms with Gasteiger partial charge in [0.15, 0.2) is 0 Å². The summed E-state index contributed by atoms with van der Waals surface area (Å²) in [7, 11) is 0. The van der Waals surface area contributed by atoms with Crippen LogP contribution in [0.4, 0.5) is 0 Å². The van der Waals surface area contributed by atoms with Gasteiger partial charge in [0.05, 0.1) is 12.6 Å². The van der Waals surface area contributed by atoms with Gasteiger partial charge >= 0.3 is 0 Å². The van der Waals surface area contributed by atoms with Crippen LogP contribution in [0.3, 0.4) is 0 Å². The molecule has 1 fully saturated rings. The van der Waals surface area contributed by atoms with E-state index in [1.165, 1.54) is 37.9 Å². The summed E-state index contributed by atoms with van der Waals surface area (Å²) in [5.41, 5.74) is 0. The van der Waals surface area contributed by atoms with Gasteiger partial charge in [-0.3, -0.25) is 0 Å². The Hall–Kier alpha value is -0.500. The van der Waals surface area contributed by atoms with Gasteiger partial charge in [0.2, 0.25) is 0 Å². The maximum Gasteiger partial charge on any atom is 0.109 e. The third-order valence-corrected chi connectivity index (χ3v) is 3.77. The summed E-state index contributed by atoms with van der Waals surface area (Å²) in [5.74, 6) is 2.88. The van der Waals surface area contributed by atoms with Crippen molar-refractivity contribution in [3.63, 3.8) is 0 Å². The Morgan fingerprint density at radius 1 is 1.50 bits per heavy atom. The van der Waals surface area contributed by atoms with Crippen LogP contribution in [0.2, 0.25) is 0 Å². The molecule has 1 aliphatic carbocycles. The quantitative estimate of drug-likeness (QED) is 0.747. The van der Waals surface area contributed by atoms with Crippen LogP contribution in [-0.2, 0) is 4.74 Å². The highest BCUT2D eigenvalue weighted by atomic mass is 16.5. The van der Waals surface area contributed by atoms with Gasteiger partial charge in [-0.15, -0.1) is 0 Å². The van der Waals surface area contributed by atoms with Crippen molar-refractivity contribution in [2.75, 3.05) is 13.2 Å². The minimum Gasteiger partial charge on any atom is -0.497 e. The van der Waals surface area contributed by atoms with E-state index in [1.807, 2.05) is 0 Å². The van der Waals surface area contributed by atoms with Gasteiger partial charge in [-0.2, -0.15) is 0 Å². The summed E-state index contributed by atoms with van der Waals surface area (Å²) < 4.78 is 5.83. The minimum atomic E-state index is 0.466. The maximum absolute atomic E-state index is 5.83. The molecule has 2 aliphatic rings. The summed E-state index contributed by atoms with van der Waals surface area (Å²) in [6.45, 7) is 6.61. The Bertz CT molecular complexity index is 245. The van der Waals surface area contributed by atoms with E-state index in [9.17, 15) is 0 Å². The van der Waals surface area contributed by atoms with E-state index in [4.69, 9.17) is 4.74 Å². The molecule has 1 saturated carbocycles. The van der Waals surface area contributed by atoms with E-state index in [0.29, 0.717) is 6.04 Å². The van der Waals surface area contributed by atoms with Crippen molar-refractivity contribution in [2.24, 2.45) is 11.8 Å². The number of hydrogen-bond acceptors (Lipinski definition) is 2. The second-order valence-corrected chi connectivity index (χ2v) is 5.23. The average Bonchev–Trinajstić information content (AvgIpc) is 3.14. The lowest BCUT2D eigenvalue weighted by molar-refractivity contribution is 0.148. The van der Waals surface area contributed by atoms with Crippen molar-refractivity contribution in [2.45, 2.75) is 52.0 Å². The maximum atomic E-state index is 5.83. The molecule has 0 spiro atoms. The molecular formula is C14H25NO. The highest BCUT2D eigenvalue weighted by Gasteiger charge is 2.35. The Morgan fingerprint density at radius 2 is 2.31 bits per heavy atom. The zero-order chi connectivity index (χ0) is 11.4. The molecule has 0 radical (unpaired) electrons. The third kappa shape index (κ3) is 3.00. The minimum absolute atomic E-state index is 0.466. The van der Waals surface area contributed by atoms with E-state index < -0.39 is 0 Å². The first-order chi connectivity index (χ1) is 7.83. The van der Waals surface area contributed by atoms with E-state index in [1.54, 1.807) is 0 Å². The Kier molecular flexibility index (Phi) is 4.28. The molecule has 2 heteroatoms. The lowest BCUT2D eigenvalue weighted by Crippen LogP contribution is -2.39. The van der Waals surface area contributed by atoms with Crippen LogP contribution in [0.15, 0.2) is 11.8 Å². The average molecular weight is 223 g/mol. The third-order valence-electron chi connectivity index (χ3n) is 3.77. The number of hydrogen-bond donors (Lipinski definition) is 1. The molecule has 2 unspecified atom stereocenters. The molecule has 1 aliphatic heterocycles. The first-order valence-corrected chi connectivity index (χ1v) is 6.89. The normalized spacial score (nSPS) is 24.5. The molecule has 1 N–H and O–H groups in total. The number of rotatable bonds is 6. The van der Waals surface area contributed by atoms with Crippen LogP contribution in [0.25, 0.3) is 0 Å². The number of nitrogens with one attached hydrogen (secondary N) is 1. The largest absolute Gasteiger partial charge is 0.497 e. The molecular weight excluding hydrogens is 198 g/mol. The molecule has 16 heavy (non-hydrogen) atoms. The molecule has 0 bridgehead atoms. The number of ether oxygens (including phenoxy) is 1. The first kappa shape index (κ1) is 12.0. The van der Waals surface area contributed by atoms with Gasteiger partial charge in [-0.25, -0.2) is 0 Å². The Labute approximate surface area is 99.4 Å². The topological polar surface area (TPSA) is 21.3 Å². The van der Waals surface area contributed by atoms with Crippen LogP contribution in [0.5, 0.6) is 0 Å². The van der Waals surface area contributed by atoms with Crippen molar-refractivity contribution in [3.8, 4) is 0 Å². The monoisotopic (exact) mass is 223 g/mol. The van der Waals surface area contributed by atoms with Gasteiger partial charge in [0.25, 0.3) is 0 Å². The molecule has 0 amide bonds. The molecule has 0 aromatic rings. The van der Waals surface area contributed by atoms with Crippen molar-refractivity contribution >= 4 is 0 Å². The van der Waals surface area contributed by atoms with Gasteiger partial charge in [0.1, 0.15) is 5.76 Å². The van der Waals surface area contributed by atoms with Crippen molar-refractivity contribution in [3.05, 3.63) is 11.8 Å². The first-order valence-electron chi connectivity index (χ1n) is 6.89. The predicted molar refractivity (Wildman–Crippen MR) is 67.2 cm³/mol. The van der Waals surface area contributed by atoms with Crippen molar-refractivity contribution in [1.29, 1.82) is 0 Å². The second-order valence-electron chi connectivity index (χ2n) is 5.23. The SMILES string of the molecule is CCCNC(C1=CCCCO1)C(C)C1CC1. The van der Waals surface area contributed by atoms with Gasteiger partial charge in [0, 0.05) is 0 Å². The molecule has 2 atom stereocenters. The van der Waals surface area contributed by atoms with Crippen molar-refractivity contribution in [1.82, 2.24) is 5.32 Å². The van der Waals surface area contributed by atoms with Gasteiger partial charge in [-0.1, -0.05) is 13.8 Å². The van der Waals surface area contributed by atoms with E-state index in [0.717, 1.165) is 25.0 Å². The zero-order valence-corrected chi connectivity index (χ0v) is 10.7. The summed E-state index contributed by atoms with van der Waals surface area (Å²) in [6.07, 6.45) is 8.70. The molecule has 1 heterocycles. The van der Waals surface area contributed by atoms with Crippen LogP contribution in [0, 0.1) is 11.8 Å². The predicted octanol–water partition coefficient (Wildman–Crippen LogP) is 3.10. The lowest BCUT2D eigenvalue weighted by atomic mass is 9.93. The molecule has 92 valence electrons. The van der Waals surface area contributed by atoms with Crippen LogP contribution in [0.1, 0.15) is 46.0 Å². The van der Waals surface area contributed by atoms with Crippen LogP contribution in [-0.4, -0.2) is 19.2 Å². The van der Waals surface area contributed by atoms with Crippen molar-refractivity contribution < 1.29 is 4.74 Å². The summed E-state index contributed by atoms with van der Waals surface area (Å²) in [4.78, 5) is 0. The van der Waals surface area contributed by atoms with E-state index in [2.05, 4.69) is 25.2 Å². The summed E-state index contributed by atoms with van der Waals surface area (Å²) >= 11 is 0. The van der Waals surface area contributed by atoms with E-state index in [-0.39, 0.29) is 0 Å². The summed E-state index contributed by atoms with van der Waals surface area (Å²) in [6, 6.07) is 0.466.